The van der Waals surface area contributed by atoms with E-state index in [-0.39, 0.29) is 23.4 Å². The highest BCUT2D eigenvalue weighted by Gasteiger charge is 2.33. The zero-order valence-electron chi connectivity index (χ0n) is 24.4. The third-order valence-corrected chi connectivity index (χ3v) is 9.37. The maximum Gasteiger partial charge on any atom is 0.264 e. The van der Waals surface area contributed by atoms with Crippen LogP contribution in [0.5, 0.6) is 0 Å². The summed E-state index contributed by atoms with van der Waals surface area (Å²) in [6.45, 7) is 9.39. The number of halogens is 1. The van der Waals surface area contributed by atoms with Gasteiger partial charge in [-0.15, -0.1) is 0 Å². The number of carbonyl (C=O) groups excluding carboxylic acids is 2. The zero-order valence-corrected chi connectivity index (χ0v) is 26.0. The lowest BCUT2D eigenvalue weighted by molar-refractivity contribution is -0.139. The van der Waals surface area contributed by atoms with Crippen LogP contribution in [0.1, 0.15) is 50.3 Å². The summed E-state index contributed by atoms with van der Waals surface area (Å²) in [5.74, 6) is -0.704. The van der Waals surface area contributed by atoms with Crippen molar-refractivity contribution in [1.82, 2.24) is 10.2 Å². The minimum atomic E-state index is -4.15. The number of rotatable bonds is 13. The average molecular weight is 598 g/mol. The Bertz CT molecular complexity index is 1430. The first kappa shape index (κ1) is 32.2. The fraction of sp³-hybridized carbons (Fsp3) is 0.375. The monoisotopic (exact) mass is 597 g/mol. The van der Waals surface area contributed by atoms with Gasteiger partial charge in [0.25, 0.3) is 10.0 Å². The summed E-state index contributed by atoms with van der Waals surface area (Å²) in [6, 6.07) is 20.1. The summed E-state index contributed by atoms with van der Waals surface area (Å²) in [5, 5.41) is 3.40. The third-order valence-electron chi connectivity index (χ3n) is 7.33. The van der Waals surface area contributed by atoms with Crippen molar-refractivity contribution in [3.8, 4) is 0 Å². The molecule has 220 valence electrons. The molecule has 3 aromatic rings. The number of benzene rings is 3. The number of nitrogens with zero attached hydrogens (tertiary/aromatic N) is 2. The van der Waals surface area contributed by atoms with E-state index in [4.69, 9.17) is 11.6 Å². The van der Waals surface area contributed by atoms with Crippen LogP contribution in [0.25, 0.3) is 0 Å². The maximum absolute atomic E-state index is 14.1. The predicted octanol–water partition coefficient (Wildman–Crippen LogP) is 5.92. The van der Waals surface area contributed by atoms with Gasteiger partial charge in [0, 0.05) is 17.6 Å². The minimum absolute atomic E-state index is 0.0188. The molecule has 0 aliphatic carbocycles. The van der Waals surface area contributed by atoms with Crippen molar-refractivity contribution in [2.75, 3.05) is 17.4 Å². The molecule has 0 saturated heterocycles. The molecule has 2 atom stereocenters. The van der Waals surface area contributed by atoms with Gasteiger partial charge >= 0.3 is 0 Å². The van der Waals surface area contributed by atoms with E-state index in [0.29, 0.717) is 23.6 Å². The molecule has 3 aromatic carbocycles. The Morgan fingerprint density at radius 2 is 1.56 bits per heavy atom. The normalized spacial score (nSPS) is 12.8. The Morgan fingerprint density at radius 1 is 0.902 bits per heavy atom. The summed E-state index contributed by atoms with van der Waals surface area (Å²) in [7, 11) is -4.15. The molecule has 0 aliphatic rings. The summed E-state index contributed by atoms with van der Waals surface area (Å²) in [5.41, 5.74) is 3.28. The van der Waals surface area contributed by atoms with Crippen LogP contribution >= 0.6 is 11.6 Å². The molecule has 7 nitrogen and oxygen atoms in total. The van der Waals surface area contributed by atoms with E-state index in [9.17, 15) is 18.0 Å². The lowest BCUT2D eigenvalue weighted by Gasteiger charge is -2.34. The number of nitrogens with one attached hydrogen (secondary N) is 1. The van der Waals surface area contributed by atoms with Gasteiger partial charge in [-0.05, 0) is 93.1 Å². The summed E-state index contributed by atoms with van der Waals surface area (Å²) < 4.78 is 29.1. The Morgan fingerprint density at radius 3 is 2.15 bits per heavy atom. The fourth-order valence-corrected chi connectivity index (χ4v) is 6.01. The molecule has 0 aromatic heterocycles. The Balaban J connectivity index is 2.03. The van der Waals surface area contributed by atoms with E-state index in [1.165, 1.54) is 29.2 Å². The Kier molecular flexibility index (Phi) is 11.4. The van der Waals surface area contributed by atoms with Crippen LogP contribution in [0.15, 0.2) is 77.7 Å². The van der Waals surface area contributed by atoms with E-state index in [1.54, 1.807) is 12.1 Å². The molecular weight excluding hydrogens is 558 g/mol. The molecule has 0 radical (unpaired) electrons. The summed E-state index contributed by atoms with van der Waals surface area (Å²) in [4.78, 5) is 29.0. The van der Waals surface area contributed by atoms with Crippen molar-refractivity contribution in [3.63, 3.8) is 0 Å². The van der Waals surface area contributed by atoms with Crippen LogP contribution in [0.3, 0.4) is 0 Å². The van der Waals surface area contributed by atoms with Crippen molar-refractivity contribution in [3.05, 3.63) is 94.5 Å². The first-order valence-electron chi connectivity index (χ1n) is 14.0. The van der Waals surface area contributed by atoms with Crippen LogP contribution in [-0.2, 0) is 26.0 Å². The molecule has 2 amide bonds. The number of amides is 2. The average Bonchev–Trinajstić information content (AvgIpc) is 2.95. The van der Waals surface area contributed by atoms with Gasteiger partial charge in [-0.3, -0.25) is 13.9 Å². The zero-order chi connectivity index (χ0) is 30.2. The molecule has 0 aliphatic heterocycles. The van der Waals surface area contributed by atoms with Gasteiger partial charge in [-0.1, -0.05) is 61.8 Å². The van der Waals surface area contributed by atoms with Crippen molar-refractivity contribution >= 4 is 39.1 Å². The number of hydrogen-bond donors (Lipinski definition) is 1. The topological polar surface area (TPSA) is 86.8 Å². The van der Waals surface area contributed by atoms with Crippen LogP contribution in [0.4, 0.5) is 5.69 Å². The number of carbonyl (C=O) groups is 2. The largest absolute Gasteiger partial charge is 0.352 e. The number of hydrogen-bond acceptors (Lipinski definition) is 4. The lowest BCUT2D eigenvalue weighted by Crippen LogP contribution is -2.54. The number of anilines is 1. The molecule has 0 bridgehead atoms. The molecule has 3 rings (SSSR count). The van der Waals surface area contributed by atoms with E-state index >= 15 is 0 Å². The van der Waals surface area contributed by atoms with Crippen molar-refractivity contribution in [1.29, 1.82) is 0 Å². The molecule has 0 fully saturated rings. The first-order valence-corrected chi connectivity index (χ1v) is 15.8. The highest BCUT2D eigenvalue weighted by atomic mass is 35.5. The van der Waals surface area contributed by atoms with Crippen LogP contribution in [-0.4, -0.2) is 50.3 Å². The third kappa shape index (κ3) is 8.33. The molecular formula is C32H40ClN3O4S. The molecule has 0 spiro atoms. The van der Waals surface area contributed by atoms with E-state index in [2.05, 4.69) is 5.32 Å². The standard InChI is InChI=1S/C32H40ClN3O4S/c1-6-25(5)34-32(38)30(7-2)35(20-19-26-11-9-8-10-12-26)31(37)22-36(28-16-13-23(3)24(4)21-28)41(39,40)29-17-14-27(33)15-18-29/h8-18,21,25,30H,6-7,19-20,22H2,1-5H3,(H,34,38)/t25-,30+/m0/s1. The van der Waals surface area contributed by atoms with Gasteiger partial charge in [-0.2, -0.15) is 0 Å². The van der Waals surface area contributed by atoms with E-state index in [0.717, 1.165) is 27.4 Å². The predicted molar refractivity (Wildman–Crippen MR) is 166 cm³/mol. The van der Waals surface area contributed by atoms with Gasteiger partial charge in [0.1, 0.15) is 12.6 Å². The summed E-state index contributed by atoms with van der Waals surface area (Å²) >= 11 is 6.03. The van der Waals surface area contributed by atoms with Gasteiger partial charge in [0.2, 0.25) is 11.8 Å². The molecule has 41 heavy (non-hydrogen) atoms. The second-order valence-corrected chi connectivity index (χ2v) is 12.6. The van der Waals surface area contributed by atoms with Gasteiger partial charge in [0.15, 0.2) is 0 Å². The Labute approximate surface area is 249 Å². The highest BCUT2D eigenvalue weighted by Crippen LogP contribution is 2.27. The van der Waals surface area contributed by atoms with Gasteiger partial charge < -0.3 is 10.2 Å². The van der Waals surface area contributed by atoms with Crippen LogP contribution in [0.2, 0.25) is 5.02 Å². The van der Waals surface area contributed by atoms with Gasteiger partial charge in [-0.25, -0.2) is 8.42 Å². The highest BCUT2D eigenvalue weighted by molar-refractivity contribution is 7.92. The maximum atomic E-state index is 14.1. The van der Waals surface area contributed by atoms with Crippen LogP contribution in [0, 0.1) is 13.8 Å². The number of sulfonamides is 1. The number of aryl methyl sites for hydroxylation is 2. The molecule has 9 heteroatoms. The van der Waals surface area contributed by atoms with E-state index in [1.807, 2.05) is 71.0 Å². The van der Waals surface area contributed by atoms with Crippen molar-refractivity contribution < 1.29 is 18.0 Å². The van der Waals surface area contributed by atoms with Gasteiger partial charge in [0.05, 0.1) is 10.6 Å². The molecule has 0 heterocycles. The summed E-state index contributed by atoms with van der Waals surface area (Å²) in [6.07, 6.45) is 1.66. The quantitative estimate of drug-likeness (QED) is 0.265. The second kappa shape index (κ2) is 14.5. The minimum Gasteiger partial charge on any atom is -0.352 e. The smallest absolute Gasteiger partial charge is 0.264 e. The van der Waals surface area contributed by atoms with Crippen molar-refractivity contribution in [2.45, 2.75) is 70.9 Å². The van der Waals surface area contributed by atoms with Crippen molar-refractivity contribution in [2.24, 2.45) is 0 Å². The molecule has 1 N–H and O–H groups in total. The fourth-order valence-electron chi connectivity index (χ4n) is 4.48. The van der Waals surface area contributed by atoms with E-state index < -0.39 is 28.5 Å². The molecule has 0 saturated carbocycles. The lowest BCUT2D eigenvalue weighted by atomic mass is 10.1. The molecule has 0 unspecified atom stereocenters. The second-order valence-electron chi connectivity index (χ2n) is 10.3. The first-order chi connectivity index (χ1) is 19.5. The SMILES string of the molecule is CC[C@H](C(=O)N[C@@H](C)CC)N(CCc1ccccc1)C(=O)CN(c1ccc(C)c(C)c1)S(=O)(=O)c1ccc(Cl)cc1. The van der Waals surface area contributed by atoms with Crippen LogP contribution < -0.4 is 9.62 Å². The Hall–Kier alpha value is -3.36.